The molecular formula is C9H19CsFN. The van der Waals surface area contributed by atoms with Crippen LogP contribution in [0.15, 0.2) is 0 Å². The number of halogens is 1. The van der Waals surface area contributed by atoms with Gasteiger partial charge in [-0.25, -0.2) is 0 Å². The molecule has 1 unspecified atom stereocenters. The van der Waals surface area contributed by atoms with Crippen LogP contribution in [0.2, 0.25) is 0 Å². The summed E-state index contributed by atoms with van der Waals surface area (Å²) in [5.74, 6) is 1.74. The molecule has 0 spiro atoms. The molecule has 12 heavy (non-hydrogen) atoms. The quantitative estimate of drug-likeness (QED) is 0.520. The molecule has 0 aromatic heterocycles. The summed E-state index contributed by atoms with van der Waals surface area (Å²) in [5, 5.41) is 3.53. The average Bonchev–Trinajstić information content (AvgIpc) is 2.10. The maximum Gasteiger partial charge on any atom is 1.00 e. The van der Waals surface area contributed by atoms with Crippen molar-refractivity contribution >= 4 is 0 Å². The van der Waals surface area contributed by atoms with Crippen LogP contribution in [0, 0.1) is 11.8 Å². The van der Waals surface area contributed by atoms with Crippen LogP contribution >= 0.6 is 0 Å². The molecule has 0 aromatic carbocycles. The standard InChI is InChI=1S/C9H19N.Cs.FH/c1-7(2)8-5-9(3,4)10-6-8;;/h7-8,10H,5-6H2,1-4H3;;1H/q;+1;/p-1. The van der Waals surface area contributed by atoms with Gasteiger partial charge in [0.05, 0.1) is 0 Å². The second-order valence-electron chi connectivity index (χ2n) is 4.47. The zero-order valence-electron chi connectivity index (χ0n) is 8.95. The Labute approximate surface area is 134 Å². The molecule has 0 aromatic rings. The van der Waals surface area contributed by atoms with Crippen LogP contribution in [0.25, 0.3) is 0 Å². The number of nitrogens with one attached hydrogen (secondary N) is 1. The van der Waals surface area contributed by atoms with Crippen molar-refractivity contribution in [2.45, 2.75) is 39.7 Å². The fraction of sp³-hybridized carbons (Fsp3) is 1.00. The minimum absolute atomic E-state index is 0. The normalized spacial score (nSPS) is 26.2. The fourth-order valence-corrected chi connectivity index (χ4v) is 1.68. The zero-order valence-corrected chi connectivity index (χ0v) is 15.2. The summed E-state index contributed by atoms with van der Waals surface area (Å²) in [4.78, 5) is 0. The van der Waals surface area contributed by atoms with Crippen LogP contribution in [-0.2, 0) is 0 Å². The van der Waals surface area contributed by atoms with E-state index in [1.165, 1.54) is 13.0 Å². The molecule has 1 aliphatic heterocycles. The first-order chi connectivity index (χ1) is 4.51. The fourth-order valence-electron chi connectivity index (χ4n) is 1.68. The van der Waals surface area contributed by atoms with Crippen molar-refractivity contribution in [1.29, 1.82) is 0 Å². The molecule has 0 saturated carbocycles. The molecule has 3 heteroatoms. The van der Waals surface area contributed by atoms with Crippen molar-refractivity contribution in [1.82, 2.24) is 5.32 Å². The Hall–Kier alpha value is 1.94. The monoisotopic (exact) mass is 293 g/mol. The van der Waals surface area contributed by atoms with Crippen molar-refractivity contribution in [3.8, 4) is 0 Å². The summed E-state index contributed by atoms with van der Waals surface area (Å²) in [6.07, 6.45) is 1.34. The van der Waals surface area contributed by atoms with E-state index in [9.17, 15) is 0 Å². The summed E-state index contributed by atoms with van der Waals surface area (Å²) in [6.45, 7) is 10.4. The van der Waals surface area contributed by atoms with Crippen LogP contribution in [0.4, 0.5) is 0 Å². The van der Waals surface area contributed by atoms with Crippen LogP contribution in [0.1, 0.15) is 34.1 Å². The molecular weight excluding hydrogens is 274 g/mol. The van der Waals surface area contributed by atoms with Crippen LogP contribution in [0.5, 0.6) is 0 Å². The maximum absolute atomic E-state index is 3.53. The Morgan fingerprint density at radius 2 is 1.83 bits per heavy atom. The molecule has 1 atom stereocenters. The smallest absolute Gasteiger partial charge is 1.00 e. The number of rotatable bonds is 1. The molecule has 1 aliphatic rings. The second-order valence-corrected chi connectivity index (χ2v) is 4.47. The van der Waals surface area contributed by atoms with E-state index in [-0.39, 0.29) is 73.6 Å². The molecule has 1 nitrogen and oxygen atoms in total. The molecule has 0 radical (unpaired) electrons. The Kier molecular flexibility index (Phi) is 8.77. The van der Waals surface area contributed by atoms with Gasteiger partial charge in [-0.3, -0.25) is 0 Å². The van der Waals surface area contributed by atoms with E-state index in [4.69, 9.17) is 0 Å². The van der Waals surface area contributed by atoms with Crippen molar-refractivity contribution in [2.24, 2.45) is 11.8 Å². The first kappa shape index (κ1) is 16.4. The molecule has 1 N–H and O–H groups in total. The van der Waals surface area contributed by atoms with Crippen molar-refractivity contribution in [3.63, 3.8) is 0 Å². The minimum Gasteiger partial charge on any atom is -1.00 e. The molecule has 0 bridgehead atoms. The average molecular weight is 293 g/mol. The zero-order chi connectivity index (χ0) is 7.78. The first-order valence-electron chi connectivity index (χ1n) is 4.26. The van der Waals surface area contributed by atoms with E-state index in [0.717, 1.165) is 11.8 Å². The van der Waals surface area contributed by atoms with Gasteiger partial charge in [-0.2, -0.15) is 0 Å². The minimum atomic E-state index is 0. The second kappa shape index (κ2) is 6.43. The molecule has 68 valence electrons. The van der Waals surface area contributed by atoms with Gasteiger partial charge in [0.2, 0.25) is 0 Å². The summed E-state index contributed by atoms with van der Waals surface area (Å²) < 4.78 is 0. The summed E-state index contributed by atoms with van der Waals surface area (Å²) >= 11 is 0. The van der Waals surface area contributed by atoms with Gasteiger partial charge in [0.1, 0.15) is 0 Å². The van der Waals surface area contributed by atoms with Crippen LogP contribution in [-0.4, -0.2) is 12.1 Å². The van der Waals surface area contributed by atoms with E-state index in [1.54, 1.807) is 0 Å². The third-order valence-corrected chi connectivity index (χ3v) is 2.56. The third kappa shape index (κ3) is 4.98. The van der Waals surface area contributed by atoms with Gasteiger partial charge in [0, 0.05) is 5.54 Å². The molecule has 1 fully saturated rings. The van der Waals surface area contributed by atoms with Gasteiger partial charge < -0.3 is 10.0 Å². The van der Waals surface area contributed by atoms with Gasteiger partial charge in [-0.1, -0.05) is 13.8 Å². The van der Waals surface area contributed by atoms with Gasteiger partial charge in [0.25, 0.3) is 0 Å². The topological polar surface area (TPSA) is 12.0 Å². The third-order valence-electron chi connectivity index (χ3n) is 2.56. The van der Waals surface area contributed by atoms with E-state index < -0.39 is 0 Å². The summed E-state index contributed by atoms with van der Waals surface area (Å²) in [7, 11) is 0. The van der Waals surface area contributed by atoms with E-state index in [2.05, 4.69) is 33.0 Å². The summed E-state index contributed by atoms with van der Waals surface area (Å²) in [6, 6.07) is 0. The Morgan fingerprint density at radius 3 is 2.00 bits per heavy atom. The van der Waals surface area contributed by atoms with Crippen molar-refractivity contribution in [3.05, 3.63) is 0 Å². The summed E-state index contributed by atoms with van der Waals surface area (Å²) in [5.41, 5.74) is 0.398. The van der Waals surface area contributed by atoms with Gasteiger partial charge in [-0.05, 0) is 38.6 Å². The number of hydrogen-bond acceptors (Lipinski definition) is 1. The van der Waals surface area contributed by atoms with E-state index >= 15 is 0 Å². The Balaban J connectivity index is 0. The molecule has 1 rings (SSSR count). The van der Waals surface area contributed by atoms with E-state index in [0.29, 0.717) is 5.54 Å². The SMILES string of the molecule is CC(C)C1CNC(C)(C)C1.[Cs+].[F-]. The van der Waals surface area contributed by atoms with Crippen molar-refractivity contribution < 1.29 is 73.6 Å². The predicted molar refractivity (Wildman–Crippen MR) is 45.0 cm³/mol. The predicted octanol–water partition coefficient (Wildman–Crippen LogP) is -3.96. The largest absolute Gasteiger partial charge is 1.00 e. The molecule has 0 amide bonds. The van der Waals surface area contributed by atoms with Crippen LogP contribution < -0.4 is 78.9 Å². The van der Waals surface area contributed by atoms with Gasteiger partial charge in [-0.15, -0.1) is 0 Å². The molecule has 1 heterocycles. The maximum atomic E-state index is 3.53. The molecule has 1 saturated heterocycles. The van der Waals surface area contributed by atoms with Crippen molar-refractivity contribution in [2.75, 3.05) is 6.54 Å². The van der Waals surface area contributed by atoms with Crippen LogP contribution in [0.3, 0.4) is 0 Å². The number of hydrogen-bond donors (Lipinski definition) is 1. The Bertz CT molecular complexity index is 126. The van der Waals surface area contributed by atoms with E-state index in [1.807, 2.05) is 0 Å². The first-order valence-corrected chi connectivity index (χ1v) is 4.26. The van der Waals surface area contributed by atoms with Gasteiger partial charge in [0.15, 0.2) is 0 Å². The van der Waals surface area contributed by atoms with Gasteiger partial charge >= 0.3 is 68.9 Å². The Morgan fingerprint density at radius 1 is 1.33 bits per heavy atom. The molecule has 0 aliphatic carbocycles.